The highest BCUT2D eigenvalue weighted by atomic mass is 35.5. The van der Waals surface area contributed by atoms with Crippen LogP contribution in [0.4, 0.5) is 5.69 Å². The molecule has 0 atom stereocenters. The Hall–Kier alpha value is -4.00. The number of benzene rings is 2. The fraction of sp³-hybridized carbons (Fsp3) is 0.0435. The van der Waals surface area contributed by atoms with Crippen LogP contribution in [-0.2, 0) is 5.75 Å². The normalized spacial score (nSPS) is 10.8. The Kier molecular flexibility index (Phi) is 5.85. The lowest BCUT2D eigenvalue weighted by Crippen LogP contribution is -2.00. The van der Waals surface area contributed by atoms with Crippen LogP contribution >= 0.6 is 23.4 Å². The summed E-state index contributed by atoms with van der Waals surface area (Å²) in [6, 6.07) is 18.3. The number of rotatable bonds is 6. The van der Waals surface area contributed by atoms with Crippen molar-refractivity contribution in [2.24, 2.45) is 0 Å². The number of hydrogen-bond acceptors (Lipinski definition) is 7. The van der Waals surface area contributed by atoms with Crippen LogP contribution in [0.25, 0.3) is 33.4 Å². The van der Waals surface area contributed by atoms with E-state index in [1.807, 2.05) is 41.0 Å². The van der Waals surface area contributed by atoms with Gasteiger partial charge in [-0.2, -0.15) is 0 Å². The fourth-order valence-electron chi connectivity index (χ4n) is 3.14. The van der Waals surface area contributed by atoms with Gasteiger partial charge in [0.05, 0.1) is 23.0 Å². The van der Waals surface area contributed by atoms with E-state index in [1.165, 1.54) is 11.8 Å². The van der Waals surface area contributed by atoms with E-state index in [2.05, 4.69) is 30.2 Å². The highest BCUT2D eigenvalue weighted by Crippen LogP contribution is 2.32. The Balaban J connectivity index is 1.44. The van der Waals surface area contributed by atoms with Crippen molar-refractivity contribution < 1.29 is 4.42 Å². The highest BCUT2D eigenvalue weighted by Gasteiger charge is 2.19. The topological polar surface area (TPSA) is 86.9 Å². The van der Waals surface area contributed by atoms with Crippen molar-refractivity contribution in [1.82, 2.24) is 29.9 Å². The number of pyridine rings is 1. The van der Waals surface area contributed by atoms with Crippen molar-refractivity contribution in [3.05, 3.63) is 95.4 Å². The highest BCUT2D eigenvalue weighted by molar-refractivity contribution is 7.98. The van der Waals surface area contributed by atoms with Crippen molar-refractivity contribution in [2.45, 2.75) is 10.9 Å². The van der Waals surface area contributed by atoms with Crippen LogP contribution in [0.15, 0.2) is 82.6 Å². The Labute approximate surface area is 198 Å². The third-order valence-electron chi connectivity index (χ3n) is 4.70. The summed E-state index contributed by atoms with van der Waals surface area (Å²) < 4.78 is 7.72. The molecule has 0 N–H and O–H groups in total. The fourth-order valence-corrected chi connectivity index (χ4v) is 4.14. The van der Waals surface area contributed by atoms with E-state index in [9.17, 15) is 0 Å². The summed E-state index contributed by atoms with van der Waals surface area (Å²) in [5.74, 6) is 1.89. The second-order valence-electron chi connectivity index (χ2n) is 6.78. The second-order valence-corrected chi connectivity index (χ2v) is 8.13. The van der Waals surface area contributed by atoms with Gasteiger partial charge in [0.25, 0.3) is 0 Å². The van der Waals surface area contributed by atoms with Gasteiger partial charge in [0.1, 0.15) is 0 Å². The summed E-state index contributed by atoms with van der Waals surface area (Å²) in [4.78, 5) is 7.47. The molecule has 3 heterocycles. The molecule has 0 saturated carbocycles. The van der Waals surface area contributed by atoms with E-state index in [0.29, 0.717) is 39.2 Å². The number of halogens is 1. The maximum atomic E-state index is 7.06. The van der Waals surface area contributed by atoms with Gasteiger partial charge in [-0.1, -0.05) is 59.8 Å². The lowest BCUT2D eigenvalue weighted by molar-refractivity contribution is 0.528. The Morgan fingerprint density at radius 3 is 2.45 bits per heavy atom. The van der Waals surface area contributed by atoms with Crippen molar-refractivity contribution in [1.29, 1.82) is 0 Å². The molecular weight excluding hydrogens is 458 g/mol. The molecule has 0 spiro atoms. The van der Waals surface area contributed by atoms with Crippen molar-refractivity contribution in [3.63, 3.8) is 0 Å². The first-order valence-electron chi connectivity index (χ1n) is 9.77. The van der Waals surface area contributed by atoms with Gasteiger partial charge in [-0.05, 0) is 24.3 Å². The zero-order valence-corrected chi connectivity index (χ0v) is 18.5. The van der Waals surface area contributed by atoms with Crippen molar-refractivity contribution >= 4 is 29.1 Å². The van der Waals surface area contributed by atoms with Gasteiger partial charge < -0.3 is 4.42 Å². The largest absolute Gasteiger partial charge is 0.420 e. The number of hydrogen-bond donors (Lipinski definition) is 0. The summed E-state index contributed by atoms with van der Waals surface area (Å²) in [7, 11) is 0. The molecule has 0 amide bonds. The van der Waals surface area contributed by atoms with Gasteiger partial charge in [0, 0.05) is 23.5 Å². The molecule has 0 aliphatic rings. The molecule has 0 bridgehead atoms. The van der Waals surface area contributed by atoms with E-state index in [4.69, 9.17) is 22.6 Å². The maximum Gasteiger partial charge on any atom is 0.247 e. The molecule has 8 nitrogen and oxygen atoms in total. The first-order valence-corrected chi connectivity index (χ1v) is 11.1. The molecule has 0 aliphatic heterocycles. The lowest BCUT2D eigenvalue weighted by Gasteiger charge is -2.11. The Bertz CT molecular complexity index is 1440. The summed E-state index contributed by atoms with van der Waals surface area (Å²) >= 11 is 7.91. The minimum absolute atomic E-state index is 0.395. The van der Waals surface area contributed by atoms with Gasteiger partial charge in [-0.15, -0.1) is 20.4 Å². The molecule has 0 aliphatic carbocycles. The summed E-state index contributed by atoms with van der Waals surface area (Å²) in [5, 5.41) is 18.3. The predicted octanol–water partition coefficient (Wildman–Crippen LogP) is 5.88. The average Bonchev–Trinajstić information content (AvgIpc) is 3.51. The molecule has 0 unspecified atom stereocenters. The molecule has 5 aromatic rings. The number of para-hydroxylation sites is 1. The Morgan fingerprint density at radius 2 is 1.70 bits per heavy atom. The van der Waals surface area contributed by atoms with Gasteiger partial charge in [0.15, 0.2) is 16.7 Å². The van der Waals surface area contributed by atoms with E-state index < -0.39 is 0 Å². The van der Waals surface area contributed by atoms with Gasteiger partial charge in [0.2, 0.25) is 11.8 Å². The smallest absolute Gasteiger partial charge is 0.247 e. The summed E-state index contributed by atoms with van der Waals surface area (Å²) in [6.45, 7) is 7.06. The van der Waals surface area contributed by atoms with E-state index in [0.717, 1.165) is 16.8 Å². The lowest BCUT2D eigenvalue weighted by atomic mass is 10.2. The predicted molar refractivity (Wildman–Crippen MR) is 125 cm³/mol. The minimum Gasteiger partial charge on any atom is -0.420 e. The number of nitrogens with zero attached hydrogens (tertiary/aromatic N) is 7. The number of aromatic nitrogens is 6. The van der Waals surface area contributed by atoms with Crippen molar-refractivity contribution in [3.8, 4) is 28.5 Å². The van der Waals surface area contributed by atoms with Gasteiger partial charge in [-0.3, -0.25) is 9.55 Å². The first-order chi connectivity index (χ1) is 16.2. The molecule has 0 fully saturated rings. The zero-order chi connectivity index (χ0) is 22.6. The molecular formula is C23H14ClN7OS. The molecule has 5 rings (SSSR count). The third-order valence-corrected chi connectivity index (χ3v) is 5.93. The Morgan fingerprint density at radius 1 is 0.909 bits per heavy atom. The summed E-state index contributed by atoms with van der Waals surface area (Å²) in [6.07, 6.45) is 3.41. The zero-order valence-electron chi connectivity index (χ0n) is 17.0. The maximum absolute atomic E-state index is 7.06. The molecule has 0 saturated heterocycles. The molecule has 33 heavy (non-hydrogen) atoms. The quantitative estimate of drug-likeness (QED) is 0.226. The van der Waals surface area contributed by atoms with Crippen LogP contribution in [0.2, 0.25) is 5.02 Å². The van der Waals surface area contributed by atoms with Gasteiger partial charge in [-0.25, -0.2) is 4.85 Å². The van der Waals surface area contributed by atoms with Crippen LogP contribution < -0.4 is 0 Å². The van der Waals surface area contributed by atoms with E-state index >= 15 is 0 Å². The van der Waals surface area contributed by atoms with Gasteiger partial charge >= 0.3 is 0 Å². The molecule has 0 radical (unpaired) electrons. The molecule has 10 heteroatoms. The van der Waals surface area contributed by atoms with E-state index in [-0.39, 0.29) is 0 Å². The van der Waals surface area contributed by atoms with Crippen LogP contribution in [0.1, 0.15) is 5.89 Å². The van der Waals surface area contributed by atoms with Crippen LogP contribution in [0.3, 0.4) is 0 Å². The molecule has 160 valence electrons. The molecule has 3 aromatic heterocycles. The van der Waals surface area contributed by atoms with Crippen LogP contribution in [0.5, 0.6) is 0 Å². The van der Waals surface area contributed by atoms with E-state index in [1.54, 1.807) is 36.7 Å². The third kappa shape index (κ3) is 4.35. The summed E-state index contributed by atoms with van der Waals surface area (Å²) in [5.41, 5.74) is 2.94. The second kappa shape index (κ2) is 9.24. The average molecular weight is 472 g/mol. The first kappa shape index (κ1) is 20.9. The van der Waals surface area contributed by atoms with Crippen LogP contribution in [-0.4, -0.2) is 29.9 Å². The number of thioether (sulfide) groups is 1. The SMILES string of the molecule is [C-]#[N+]c1ccc(-c2nnc(CSc3nnc(-c4ccncc4)n3-c3ccccc3Cl)o2)cc1. The monoisotopic (exact) mass is 471 g/mol. The van der Waals surface area contributed by atoms with Crippen molar-refractivity contribution in [2.75, 3.05) is 0 Å². The van der Waals surface area contributed by atoms with Crippen LogP contribution in [0, 0.1) is 6.57 Å². The standard InChI is InChI=1S/C23H14ClN7OS/c1-25-17-8-6-16(7-9-17)22-29-27-20(32-22)14-33-23-30-28-21(15-10-12-26-13-11-15)31(23)19-5-3-2-4-18(19)24/h2-13H,14H2. The molecule has 2 aromatic carbocycles. The minimum atomic E-state index is 0.395.